The van der Waals surface area contributed by atoms with Gasteiger partial charge in [0.15, 0.2) is 0 Å². The van der Waals surface area contributed by atoms with Crippen LogP contribution in [-0.4, -0.2) is 0 Å². The van der Waals surface area contributed by atoms with Crippen molar-refractivity contribution in [3.8, 4) is 33.4 Å². The Hall–Kier alpha value is -4.62. The molecule has 0 aliphatic heterocycles. The van der Waals surface area contributed by atoms with Crippen LogP contribution in [0.25, 0.3) is 44.2 Å². The summed E-state index contributed by atoms with van der Waals surface area (Å²) < 4.78 is 0. The van der Waals surface area contributed by atoms with Gasteiger partial charge in [-0.15, -0.1) is 0 Å². The second kappa shape index (κ2) is 9.32. The number of anilines is 2. The van der Waals surface area contributed by atoms with Crippen molar-refractivity contribution in [1.29, 1.82) is 0 Å². The van der Waals surface area contributed by atoms with Crippen molar-refractivity contribution in [2.45, 2.75) is 0 Å². The van der Waals surface area contributed by atoms with Crippen molar-refractivity contribution in [3.63, 3.8) is 0 Å². The van der Waals surface area contributed by atoms with Crippen molar-refractivity contribution >= 4 is 22.1 Å². The molecule has 6 aromatic rings. The Kier molecular flexibility index (Phi) is 5.58. The van der Waals surface area contributed by atoms with Gasteiger partial charge in [-0.3, -0.25) is 0 Å². The summed E-state index contributed by atoms with van der Waals surface area (Å²) in [6.07, 6.45) is 0. The third-order valence-corrected chi connectivity index (χ3v) is 6.51. The molecule has 0 saturated carbocycles. The minimum atomic E-state index is 1.09. The second-order valence-electron chi connectivity index (χ2n) is 8.65. The monoisotopic (exact) mass is 447 g/mol. The van der Waals surface area contributed by atoms with Crippen LogP contribution in [0.4, 0.5) is 11.4 Å². The first kappa shape index (κ1) is 20.9. The first-order valence-corrected chi connectivity index (χ1v) is 12.0. The molecule has 0 bridgehead atoms. The lowest BCUT2D eigenvalue weighted by atomic mass is 9.91. The van der Waals surface area contributed by atoms with E-state index in [4.69, 9.17) is 0 Å². The molecule has 0 aromatic heterocycles. The molecule has 6 rings (SSSR count). The van der Waals surface area contributed by atoms with Crippen LogP contribution in [0.5, 0.6) is 0 Å². The molecular formula is C34H25N. The molecule has 0 aliphatic rings. The number of fused-ring (bicyclic) bond motifs is 1. The number of benzene rings is 6. The predicted molar refractivity (Wildman–Crippen MR) is 150 cm³/mol. The molecule has 1 heteroatoms. The third kappa shape index (κ3) is 4.09. The average molecular weight is 448 g/mol. The zero-order valence-corrected chi connectivity index (χ0v) is 19.4. The number of nitrogens with one attached hydrogen (secondary N) is 1. The lowest BCUT2D eigenvalue weighted by molar-refractivity contribution is 1.52. The van der Waals surface area contributed by atoms with E-state index in [1.807, 2.05) is 0 Å². The topological polar surface area (TPSA) is 12.0 Å². The van der Waals surface area contributed by atoms with Gasteiger partial charge in [0.2, 0.25) is 0 Å². The van der Waals surface area contributed by atoms with E-state index >= 15 is 0 Å². The molecule has 0 unspecified atom stereocenters. The van der Waals surface area contributed by atoms with Crippen LogP contribution in [0.15, 0.2) is 146 Å². The van der Waals surface area contributed by atoms with Gasteiger partial charge in [-0.05, 0) is 45.2 Å². The van der Waals surface area contributed by atoms with Gasteiger partial charge in [0.1, 0.15) is 0 Å². The van der Waals surface area contributed by atoms with E-state index in [2.05, 4.69) is 151 Å². The molecule has 1 nitrogen and oxygen atoms in total. The Labute approximate surface area is 206 Å². The molecule has 1 N–H and O–H groups in total. The van der Waals surface area contributed by atoms with Crippen molar-refractivity contribution in [1.82, 2.24) is 0 Å². The zero-order valence-electron chi connectivity index (χ0n) is 19.4. The quantitative estimate of drug-likeness (QED) is 0.277. The molecule has 35 heavy (non-hydrogen) atoms. The van der Waals surface area contributed by atoms with Crippen molar-refractivity contribution < 1.29 is 0 Å². The van der Waals surface area contributed by atoms with Gasteiger partial charge in [0.25, 0.3) is 0 Å². The van der Waals surface area contributed by atoms with E-state index < -0.39 is 0 Å². The first-order valence-electron chi connectivity index (χ1n) is 12.0. The summed E-state index contributed by atoms with van der Waals surface area (Å²) in [5, 5.41) is 6.26. The second-order valence-corrected chi connectivity index (χ2v) is 8.65. The molecule has 0 aliphatic carbocycles. The van der Waals surface area contributed by atoms with Crippen molar-refractivity contribution in [2.24, 2.45) is 0 Å². The highest BCUT2D eigenvalue weighted by Gasteiger charge is 2.13. The minimum absolute atomic E-state index is 1.09. The highest BCUT2D eigenvalue weighted by atomic mass is 14.9. The van der Waals surface area contributed by atoms with E-state index in [1.54, 1.807) is 0 Å². The van der Waals surface area contributed by atoms with Crippen LogP contribution in [0.1, 0.15) is 0 Å². The molecule has 0 amide bonds. The van der Waals surface area contributed by atoms with Crippen LogP contribution < -0.4 is 5.32 Å². The summed E-state index contributed by atoms with van der Waals surface area (Å²) in [7, 11) is 0. The van der Waals surface area contributed by atoms with E-state index in [0.29, 0.717) is 0 Å². The Balaban J connectivity index is 1.48. The van der Waals surface area contributed by atoms with Gasteiger partial charge in [-0.2, -0.15) is 0 Å². The maximum Gasteiger partial charge on any atom is 0.0464 e. The SMILES string of the molecule is c1ccc(-c2ccccc2Nc2ccccc2-c2ccc(-c3ccccc3)c3ccccc23)cc1. The fourth-order valence-corrected chi connectivity index (χ4v) is 4.84. The van der Waals surface area contributed by atoms with Gasteiger partial charge in [0.05, 0.1) is 0 Å². The Bertz CT molecular complexity index is 1600. The van der Waals surface area contributed by atoms with E-state index in [9.17, 15) is 0 Å². The summed E-state index contributed by atoms with van der Waals surface area (Å²) in [6, 6.07) is 51.4. The number of hydrogen-bond acceptors (Lipinski definition) is 1. The van der Waals surface area contributed by atoms with Crippen LogP contribution in [0.2, 0.25) is 0 Å². The molecule has 0 saturated heterocycles. The smallest absolute Gasteiger partial charge is 0.0464 e. The average Bonchev–Trinajstić information content (AvgIpc) is 2.94. The lowest BCUT2D eigenvalue weighted by Gasteiger charge is -2.18. The molecule has 0 spiro atoms. The normalized spacial score (nSPS) is 10.9. The van der Waals surface area contributed by atoms with Crippen molar-refractivity contribution in [3.05, 3.63) is 146 Å². The standard InChI is InChI=1S/C34H25N/c1-3-13-25(14-4-1)27-23-24-31(30-19-8-7-18-29(27)30)32-20-10-12-22-34(32)35-33-21-11-9-17-28(33)26-15-5-2-6-16-26/h1-24,35H. The van der Waals surface area contributed by atoms with E-state index in [-0.39, 0.29) is 0 Å². The number of rotatable bonds is 5. The van der Waals surface area contributed by atoms with Gasteiger partial charge in [-0.25, -0.2) is 0 Å². The summed E-state index contributed by atoms with van der Waals surface area (Å²) in [6.45, 7) is 0. The molecule has 0 heterocycles. The van der Waals surface area contributed by atoms with Crippen LogP contribution in [-0.2, 0) is 0 Å². The predicted octanol–water partition coefficient (Wildman–Crippen LogP) is 9.58. The largest absolute Gasteiger partial charge is 0.355 e. The molecule has 6 aromatic carbocycles. The molecule has 0 radical (unpaired) electrons. The van der Waals surface area contributed by atoms with Crippen molar-refractivity contribution in [2.75, 3.05) is 5.32 Å². The highest BCUT2D eigenvalue weighted by molar-refractivity contribution is 6.06. The number of para-hydroxylation sites is 2. The maximum absolute atomic E-state index is 3.75. The Morgan fingerprint density at radius 2 is 0.714 bits per heavy atom. The molecule has 0 atom stereocenters. The highest BCUT2D eigenvalue weighted by Crippen LogP contribution is 2.40. The number of hydrogen-bond donors (Lipinski definition) is 1. The molecular weight excluding hydrogens is 422 g/mol. The Morgan fingerprint density at radius 1 is 0.286 bits per heavy atom. The van der Waals surface area contributed by atoms with E-state index in [1.165, 1.54) is 44.2 Å². The summed E-state index contributed by atoms with van der Waals surface area (Å²) >= 11 is 0. The fraction of sp³-hybridized carbons (Fsp3) is 0. The maximum atomic E-state index is 3.75. The third-order valence-electron chi connectivity index (χ3n) is 6.51. The van der Waals surface area contributed by atoms with Crippen LogP contribution in [0, 0.1) is 0 Å². The van der Waals surface area contributed by atoms with Gasteiger partial charge >= 0.3 is 0 Å². The fourth-order valence-electron chi connectivity index (χ4n) is 4.84. The van der Waals surface area contributed by atoms with Gasteiger partial charge < -0.3 is 5.32 Å². The van der Waals surface area contributed by atoms with Crippen LogP contribution >= 0.6 is 0 Å². The van der Waals surface area contributed by atoms with E-state index in [0.717, 1.165) is 11.4 Å². The van der Waals surface area contributed by atoms with Gasteiger partial charge in [-0.1, -0.05) is 133 Å². The summed E-state index contributed by atoms with van der Waals surface area (Å²) in [5.41, 5.74) is 9.47. The lowest BCUT2D eigenvalue weighted by Crippen LogP contribution is -1.96. The first-order chi connectivity index (χ1) is 17.4. The molecule has 166 valence electrons. The summed E-state index contributed by atoms with van der Waals surface area (Å²) in [4.78, 5) is 0. The summed E-state index contributed by atoms with van der Waals surface area (Å²) in [5.74, 6) is 0. The van der Waals surface area contributed by atoms with Crippen LogP contribution in [0.3, 0.4) is 0 Å². The molecule has 0 fully saturated rings. The Morgan fingerprint density at radius 3 is 1.37 bits per heavy atom. The zero-order chi connectivity index (χ0) is 23.5. The van der Waals surface area contributed by atoms with Gasteiger partial charge in [0, 0.05) is 22.5 Å². The minimum Gasteiger partial charge on any atom is -0.355 e.